The predicted molar refractivity (Wildman–Crippen MR) is 61.5 cm³/mol. The molecule has 1 aromatic carbocycles. The van der Waals surface area contributed by atoms with Crippen molar-refractivity contribution in [1.82, 2.24) is 4.98 Å². The van der Waals surface area contributed by atoms with Gasteiger partial charge in [0, 0.05) is 16.5 Å². The van der Waals surface area contributed by atoms with E-state index in [1.54, 1.807) is 0 Å². The van der Waals surface area contributed by atoms with Crippen molar-refractivity contribution < 1.29 is 9.90 Å². The molecule has 1 heterocycles. The Bertz CT molecular complexity index is 648. The number of aromatic amines is 1. The summed E-state index contributed by atoms with van der Waals surface area (Å²) in [4.78, 5) is 24.9. The molecule has 2 rings (SSSR count). The summed E-state index contributed by atoms with van der Waals surface area (Å²) in [6, 6.07) is 3.87. The van der Waals surface area contributed by atoms with Gasteiger partial charge in [0.1, 0.15) is 5.69 Å². The average Bonchev–Trinajstić information content (AvgIpc) is 2.19. The van der Waals surface area contributed by atoms with Gasteiger partial charge in [-0.2, -0.15) is 0 Å². The Morgan fingerprint density at radius 1 is 1.25 bits per heavy atom. The summed E-state index contributed by atoms with van der Waals surface area (Å²) in [5.74, 6) is -1.22. The van der Waals surface area contributed by atoms with Crippen molar-refractivity contribution in [2.45, 2.75) is 0 Å². The number of aromatic nitrogens is 1. The minimum Gasteiger partial charge on any atom is -0.477 e. The molecule has 0 amide bonds. The number of hydrogen-bond donors (Lipinski definition) is 2. The fraction of sp³-hybridized carbons (Fsp3) is 0. The number of halogens is 2. The first kappa shape index (κ1) is 11.0. The van der Waals surface area contributed by atoms with Crippen molar-refractivity contribution in [3.63, 3.8) is 0 Å². The van der Waals surface area contributed by atoms with Crippen molar-refractivity contribution in [1.29, 1.82) is 0 Å². The number of H-pyrrole nitrogens is 1. The summed E-state index contributed by atoms with van der Waals surface area (Å²) < 4.78 is 0. The lowest BCUT2D eigenvalue weighted by atomic mass is 10.2. The molecule has 1 aromatic heterocycles. The Balaban J connectivity index is 2.93. The fourth-order valence-corrected chi connectivity index (χ4v) is 1.93. The molecule has 0 radical (unpaired) electrons. The fourth-order valence-electron chi connectivity index (χ4n) is 1.39. The second-order valence-corrected chi connectivity index (χ2v) is 4.01. The van der Waals surface area contributed by atoms with Crippen LogP contribution in [0.1, 0.15) is 10.5 Å². The van der Waals surface area contributed by atoms with Crippen LogP contribution >= 0.6 is 23.2 Å². The van der Waals surface area contributed by atoms with Crippen LogP contribution in [-0.4, -0.2) is 16.1 Å². The molecule has 0 fully saturated rings. The van der Waals surface area contributed by atoms with Crippen LogP contribution in [-0.2, 0) is 0 Å². The molecular formula is C10H5Cl2NO3. The van der Waals surface area contributed by atoms with Crippen molar-refractivity contribution >= 4 is 40.1 Å². The molecule has 0 unspecified atom stereocenters. The molecule has 4 nitrogen and oxygen atoms in total. The Kier molecular flexibility index (Phi) is 2.61. The Morgan fingerprint density at radius 3 is 2.56 bits per heavy atom. The summed E-state index contributed by atoms with van der Waals surface area (Å²) in [6.45, 7) is 0. The standard InChI is InChI=1S/C10H5Cl2NO3/c11-4-1-5-8(14)3-7(10(15)16)13-9(5)6(12)2-4/h1-3H,(H,13,14)(H,15,16). The highest BCUT2D eigenvalue weighted by Gasteiger charge is 2.10. The molecule has 16 heavy (non-hydrogen) atoms. The van der Waals surface area contributed by atoms with Gasteiger partial charge in [-0.1, -0.05) is 23.2 Å². The Hall–Kier alpha value is -1.52. The summed E-state index contributed by atoms with van der Waals surface area (Å²) >= 11 is 11.6. The number of nitrogens with one attached hydrogen (secondary N) is 1. The van der Waals surface area contributed by atoms with Gasteiger partial charge in [-0.3, -0.25) is 4.79 Å². The number of rotatable bonds is 1. The number of carboxylic acid groups (broad SMARTS) is 1. The molecule has 0 aliphatic heterocycles. The topological polar surface area (TPSA) is 70.2 Å². The van der Waals surface area contributed by atoms with Gasteiger partial charge < -0.3 is 10.1 Å². The van der Waals surface area contributed by atoms with E-state index < -0.39 is 11.4 Å². The van der Waals surface area contributed by atoms with Gasteiger partial charge in [0.25, 0.3) is 0 Å². The van der Waals surface area contributed by atoms with E-state index in [9.17, 15) is 9.59 Å². The minimum atomic E-state index is -1.22. The number of benzene rings is 1. The molecule has 0 aliphatic carbocycles. The van der Waals surface area contributed by atoms with Gasteiger partial charge in [0.05, 0.1) is 10.5 Å². The largest absolute Gasteiger partial charge is 0.477 e. The van der Waals surface area contributed by atoms with Gasteiger partial charge in [0.2, 0.25) is 0 Å². The van der Waals surface area contributed by atoms with Gasteiger partial charge in [0.15, 0.2) is 5.43 Å². The lowest BCUT2D eigenvalue weighted by Crippen LogP contribution is -2.09. The first-order valence-electron chi connectivity index (χ1n) is 4.24. The maximum Gasteiger partial charge on any atom is 0.352 e. The third-order valence-corrected chi connectivity index (χ3v) is 2.60. The van der Waals surface area contributed by atoms with Crippen LogP contribution in [0.4, 0.5) is 0 Å². The van der Waals surface area contributed by atoms with Crippen molar-refractivity contribution in [2.75, 3.05) is 0 Å². The molecule has 0 spiro atoms. The SMILES string of the molecule is O=C(O)c1cc(=O)c2cc(Cl)cc(Cl)c2[nH]1. The highest BCUT2D eigenvalue weighted by molar-refractivity contribution is 6.38. The van der Waals surface area contributed by atoms with Crippen LogP contribution in [0.3, 0.4) is 0 Å². The molecule has 0 atom stereocenters. The second-order valence-electron chi connectivity index (χ2n) is 3.16. The second kappa shape index (κ2) is 3.81. The molecule has 0 aliphatic rings. The zero-order valence-electron chi connectivity index (χ0n) is 7.75. The predicted octanol–water partition coefficient (Wildman–Crippen LogP) is 2.53. The summed E-state index contributed by atoms with van der Waals surface area (Å²) in [5.41, 5.74) is -0.367. The zero-order chi connectivity index (χ0) is 11.9. The molecular weight excluding hydrogens is 253 g/mol. The Morgan fingerprint density at radius 2 is 1.94 bits per heavy atom. The molecule has 2 N–H and O–H groups in total. The number of aromatic carboxylic acids is 1. The van der Waals surface area contributed by atoms with Crippen molar-refractivity contribution in [3.05, 3.63) is 44.2 Å². The van der Waals surface area contributed by atoms with E-state index in [-0.39, 0.29) is 21.6 Å². The minimum absolute atomic E-state index is 0.207. The summed E-state index contributed by atoms with van der Waals surface area (Å²) in [6.07, 6.45) is 0. The lowest BCUT2D eigenvalue weighted by Gasteiger charge is -2.03. The van der Waals surface area contributed by atoms with E-state index in [4.69, 9.17) is 28.3 Å². The number of carbonyl (C=O) groups is 1. The van der Waals surface area contributed by atoms with Crippen LogP contribution in [0.15, 0.2) is 23.0 Å². The molecule has 0 saturated heterocycles. The monoisotopic (exact) mass is 257 g/mol. The molecule has 0 saturated carbocycles. The number of hydrogen-bond acceptors (Lipinski definition) is 2. The third kappa shape index (κ3) is 1.77. The smallest absolute Gasteiger partial charge is 0.352 e. The quantitative estimate of drug-likeness (QED) is 0.825. The van der Waals surface area contributed by atoms with E-state index in [1.165, 1.54) is 12.1 Å². The van der Waals surface area contributed by atoms with Gasteiger partial charge >= 0.3 is 5.97 Å². The molecule has 2 aromatic rings. The highest BCUT2D eigenvalue weighted by atomic mass is 35.5. The molecule has 82 valence electrons. The number of fused-ring (bicyclic) bond motifs is 1. The van der Waals surface area contributed by atoms with E-state index in [2.05, 4.69) is 4.98 Å². The van der Waals surface area contributed by atoms with E-state index in [0.29, 0.717) is 5.02 Å². The lowest BCUT2D eigenvalue weighted by molar-refractivity contribution is 0.0691. The normalized spacial score (nSPS) is 10.6. The van der Waals surface area contributed by atoms with E-state index >= 15 is 0 Å². The van der Waals surface area contributed by atoms with Crippen LogP contribution in [0.2, 0.25) is 10.0 Å². The number of carboxylic acids is 1. The van der Waals surface area contributed by atoms with Gasteiger partial charge in [-0.25, -0.2) is 4.79 Å². The van der Waals surface area contributed by atoms with Crippen molar-refractivity contribution in [2.24, 2.45) is 0 Å². The van der Waals surface area contributed by atoms with Crippen LogP contribution in [0.25, 0.3) is 10.9 Å². The van der Waals surface area contributed by atoms with Crippen LogP contribution in [0.5, 0.6) is 0 Å². The van der Waals surface area contributed by atoms with Gasteiger partial charge in [-0.15, -0.1) is 0 Å². The maximum atomic E-state index is 11.6. The Labute approximate surface area is 99.4 Å². The first-order valence-corrected chi connectivity index (χ1v) is 5.00. The average molecular weight is 258 g/mol. The van der Waals surface area contributed by atoms with E-state index in [1.807, 2.05) is 0 Å². The molecule has 6 heteroatoms. The maximum absolute atomic E-state index is 11.6. The summed E-state index contributed by atoms with van der Waals surface area (Å²) in [5, 5.41) is 9.58. The zero-order valence-corrected chi connectivity index (χ0v) is 9.26. The first-order chi connectivity index (χ1) is 7.49. The number of pyridine rings is 1. The van der Waals surface area contributed by atoms with Crippen LogP contribution < -0.4 is 5.43 Å². The third-order valence-electron chi connectivity index (χ3n) is 2.09. The van der Waals surface area contributed by atoms with Gasteiger partial charge in [-0.05, 0) is 12.1 Å². The van der Waals surface area contributed by atoms with Crippen LogP contribution in [0, 0.1) is 0 Å². The highest BCUT2D eigenvalue weighted by Crippen LogP contribution is 2.24. The molecule has 0 bridgehead atoms. The van der Waals surface area contributed by atoms with E-state index in [0.717, 1.165) is 6.07 Å². The summed E-state index contributed by atoms with van der Waals surface area (Å²) in [7, 11) is 0. The van der Waals surface area contributed by atoms with Crippen molar-refractivity contribution in [3.8, 4) is 0 Å².